The zero-order valence-electron chi connectivity index (χ0n) is 53.8. The molecule has 0 rings (SSSR count). The van der Waals surface area contributed by atoms with Crippen LogP contribution in [0.5, 0.6) is 0 Å². The topological polar surface area (TPSA) is 78.9 Å². The van der Waals surface area contributed by atoms with Gasteiger partial charge in [0, 0.05) is 19.3 Å². The van der Waals surface area contributed by atoms with Gasteiger partial charge in [-0.1, -0.05) is 324 Å². The van der Waals surface area contributed by atoms with Crippen molar-refractivity contribution in [2.45, 2.75) is 361 Å². The molecule has 6 nitrogen and oxygen atoms in total. The molecule has 1 unspecified atom stereocenters. The van der Waals surface area contributed by atoms with E-state index in [1.807, 2.05) is 0 Å². The molecule has 0 bridgehead atoms. The number of esters is 3. The molecule has 0 aliphatic rings. The van der Waals surface area contributed by atoms with Gasteiger partial charge in [0.05, 0.1) is 0 Å². The maximum atomic E-state index is 12.9. The Hall–Kier alpha value is -3.41. The Kier molecular flexibility index (Phi) is 66.2. The first-order valence-corrected chi connectivity index (χ1v) is 35.1. The number of ether oxygens (including phenoxy) is 3. The van der Waals surface area contributed by atoms with Crippen molar-refractivity contribution in [2.24, 2.45) is 0 Å². The Balaban J connectivity index is 3.95. The summed E-state index contributed by atoms with van der Waals surface area (Å²) >= 11 is 0. The number of unbranched alkanes of at least 4 members (excludes halogenated alkanes) is 39. The lowest BCUT2D eigenvalue weighted by molar-refractivity contribution is -0.167. The quantitative estimate of drug-likeness (QED) is 0.0261. The first kappa shape index (κ1) is 77.6. The van der Waals surface area contributed by atoms with E-state index in [-0.39, 0.29) is 31.1 Å². The smallest absolute Gasteiger partial charge is 0.306 e. The van der Waals surface area contributed by atoms with E-state index in [9.17, 15) is 14.4 Å². The summed E-state index contributed by atoms with van der Waals surface area (Å²) in [5, 5.41) is 0. The SMILES string of the molecule is CC/C=C\C/C=C\C/C=C\C/C=C\C/C=C\CCCCCCCCCCCC(=O)OC(COC(=O)CCCCCCC)COC(=O)CCCCCCCCCCCCCCCCCCCCCCC/C=C\C/C=C\CCCCCCC. The summed E-state index contributed by atoms with van der Waals surface area (Å²) in [7, 11) is 0. The van der Waals surface area contributed by atoms with E-state index < -0.39 is 6.10 Å². The molecule has 0 radical (unpaired) electrons. The van der Waals surface area contributed by atoms with Crippen LogP contribution in [-0.2, 0) is 28.6 Å². The Bertz CT molecular complexity index is 1530. The third-order valence-corrected chi connectivity index (χ3v) is 15.4. The second-order valence-corrected chi connectivity index (χ2v) is 23.4. The first-order chi connectivity index (χ1) is 40.0. The standard InChI is InChI=1S/C75H132O6/c1-4-7-10-13-15-17-19-21-23-25-27-29-31-33-34-35-36-37-38-39-40-42-43-45-47-49-51-53-55-57-59-62-65-68-74(77)80-71-72(70-79-73(76)67-64-61-12-9-6-3)81-75(78)69-66-63-60-58-56-54-52-50-48-46-44-41-32-30-28-26-24-22-20-18-16-14-11-8-5-2/h8,11,16,18-19,21-22,24-25,27-28,30,41,44,72H,4-7,9-10,12-15,17,20,23,26,29,31-40,42-43,45-71H2,1-3H3/b11-8-,18-16-,21-19-,24-22-,27-25-,30-28-,44-41-. The zero-order chi connectivity index (χ0) is 58.5. The highest BCUT2D eigenvalue weighted by Crippen LogP contribution is 2.18. The molecule has 6 heteroatoms. The maximum absolute atomic E-state index is 12.9. The Labute approximate surface area is 503 Å². The van der Waals surface area contributed by atoms with Crippen LogP contribution in [0.1, 0.15) is 355 Å². The molecule has 0 aromatic carbocycles. The van der Waals surface area contributed by atoms with Crippen LogP contribution in [0.2, 0.25) is 0 Å². The van der Waals surface area contributed by atoms with Gasteiger partial charge in [-0.15, -0.1) is 0 Å². The molecule has 468 valence electrons. The van der Waals surface area contributed by atoms with Crippen LogP contribution < -0.4 is 0 Å². The predicted molar refractivity (Wildman–Crippen MR) is 353 cm³/mol. The number of carbonyl (C=O) groups is 3. The molecular formula is C75H132O6. The van der Waals surface area contributed by atoms with Gasteiger partial charge in [-0.3, -0.25) is 14.4 Å². The van der Waals surface area contributed by atoms with Crippen molar-refractivity contribution >= 4 is 17.9 Å². The average molecular weight is 1130 g/mol. The van der Waals surface area contributed by atoms with Crippen LogP contribution >= 0.6 is 0 Å². The number of carbonyl (C=O) groups excluding carboxylic acids is 3. The molecule has 0 heterocycles. The van der Waals surface area contributed by atoms with E-state index in [2.05, 4.69) is 106 Å². The highest BCUT2D eigenvalue weighted by molar-refractivity contribution is 5.71. The summed E-state index contributed by atoms with van der Waals surface area (Å²) in [6, 6.07) is 0. The molecule has 81 heavy (non-hydrogen) atoms. The molecule has 0 saturated heterocycles. The van der Waals surface area contributed by atoms with Gasteiger partial charge in [-0.25, -0.2) is 0 Å². The van der Waals surface area contributed by atoms with Crippen LogP contribution in [0.3, 0.4) is 0 Å². The molecule has 0 aromatic rings. The van der Waals surface area contributed by atoms with E-state index in [0.29, 0.717) is 19.3 Å². The average Bonchev–Trinajstić information content (AvgIpc) is 3.47. The monoisotopic (exact) mass is 1130 g/mol. The lowest BCUT2D eigenvalue weighted by Gasteiger charge is -2.18. The number of allylic oxidation sites excluding steroid dienone is 14. The number of rotatable bonds is 64. The van der Waals surface area contributed by atoms with Crippen LogP contribution in [0.4, 0.5) is 0 Å². The van der Waals surface area contributed by atoms with Crippen molar-refractivity contribution in [2.75, 3.05) is 13.2 Å². The van der Waals surface area contributed by atoms with Crippen LogP contribution in [0.15, 0.2) is 85.1 Å². The van der Waals surface area contributed by atoms with Crippen molar-refractivity contribution in [1.82, 2.24) is 0 Å². The van der Waals surface area contributed by atoms with Crippen molar-refractivity contribution in [1.29, 1.82) is 0 Å². The van der Waals surface area contributed by atoms with E-state index in [4.69, 9.17) is 14.2 Å². The fraction of sp³-hybridized carbons (Fsp3) is 0.773. The fourth-order valence-corrected chi connectivity index (χ4v) is 10.2. The number of hydrogen-bond acceptors (Lipinski definition) is 6. The minimum absolute atomic E-state index is 0.0755. The summed E-state index contributed by atoms with van der Waals surface area (Å²) in [6.45, 7) is 6.47. The Morgan fingerprint density at radius 3 is 0.753 bits per heavy atom. The van der Waals surface area contributed by atoms with E-state index in [1.165, 1.54) is 205 Å². The predicted octanol–water partition coefficient (Wildman–Crippen LogP) is 24.2. The minimum Gasteiger partial charge on any atom is -0.462 e. The van der Waals surface area contributed by atoms with Gasteiger partial charge < -0.3 is 14.2 Å². The van der Waals surface area contributed by atoms with E-state index >= 15 is 0 Å². The molecule has 0 aromatic heterocycles. The Morgan fingerprint density at radius 1 is 0.259 bits per heavy atom. The van der Waals surface area contributed by atoms with Crippen LogP contribution in [0.25, 0.3) is 0 Å². The van der Waals surface area contributed by atoms with Gasteiger partial charge in [0.15, 0.2) is 6.10 Å². The highest BCUT2D eigenvalue weighted by Gasteiger charge is 2.19. The molecule has 0 amide bonds. The molecule has 1 atom stereocenters. The van der Waals surface area contributed by atoms with Gasteiger partial charge in [0.1, 0.15) is 13.2 Å². The van der Waals surface area contributed by atoms with Gasteiger partial charge >= 0.3 is 17.9 Å². The molecule has 0 aliphatic carbocycles. The third-order valence-electron chi connectivity index (χ3n) is 15.4. The fourth-order valence-electron chi connectivity index (χ4n) is 10.2. The van der Waals surface area contributed by atoms with Gasteiger partial charge in [0.25, 0.3) is 0 Å². The second kappa shape index (κ2) is 69.1. The summed E-state index contributed by atoms with van der Waals surface area (Å²) in [4.78, 5) is 38.0. The maximum Gasteiger partial charge on any atom is 0.306 e. The van der Waals surface area contributed by atoms with E-state index in [0.717, 1.165) is 109 Å². The lowest BCUT2D eigenvalue weighted by atomic mass is 10.0. The van der Waals surface area contributed by atoms with Crippen LogP contribution in [0, 0.1) is 0 Å². The molecule has 0 saturated carbocycles. The highest BCUT2D eigenvalue weighted by atomic mass is 16.6. The van der Waals surface area contributed by atoms with Crippen molar-refractivity contribution in [3.8, 4) is 0 Å². The largest absolute Gasteiger partial charge is 0.462 e. The van der Waals surface area contributed by atoms with Crippen molar-refractivity contribution in [3.05, 3.63) is 85.1 Å². The summed E-state index contributed by atoms with van der Waals surface area (Å²) < 4.78 is 16.8. The summed E-state index contributed by atoms with van der Waals surface area (Å²) in [5.74, 6) is -0.881. The number of hydrogen-bond donors (Lipinski definition) is 0. The Morgan fingerprint density at radius 2 is 0.481 bits per heavy atom. The summed E-state index contributed by atoms with van der Waals surface area (Å²) in [5.41, 5.74) is 0. The van der Waals surface area contributed by atoms with Gasteiger partial charge in [-0.2, -0.15) is 0 Å². The van der Waals surface area contributed by atoms with Crippen LogP contribution in [-0.4, -0.2) is 37.2 Å². The normalized spacial score (nSPS) is 12.6. The lowest BCUT2D eigenvalue weighted by Crippen LogP contribution is -2.30. The molecule has 0 fully saturated rings. The van der Waals surface area contributed by atoms with Gasteiger partial charge in [0.2, 0.25) is 0 Å². The van der Waals surface area contributed by atoms with Crippen molar-refractivity contribution < 1.29 is 28.6 Å². The molecular weight excluding hydrogens is 997 g/mol. The minimum atomic E-state index is -0.776. The van der Waals surface area contributed by atoms with Crippen molar-refractivity contribution in [3.63, 3.8) is 0 Å². The third kappa shape index (κ3) is 67.3. The van der Waals surface area contributed by atoms with Gasteiger partial charge in [-0.05, 0) is 96.3 Å². The molecule has 0 N–H and O–H groups in total. The second-order valence-electron chi connectivity index (χ2n) is 23.4. The molecule has 0 aliphatic heterocycles. The first-order valence-electron chi connectivity index (χ1n) is 35.1. The zero-order valence-corrected chi connectivity index (χ0v) is 53.8. The molecule has 0 spiro atoms. The summed E-state index contributed by atoms with van der Waals surface area (Å²) in [6.07, 6.45) is 92.4. The van der Waals surface area contributed by atoms with E-state index in [1.54, 1.807) is 0 Å².